The van der Waals surface area contributed by atoms with Crippen LogP contribution < -0.4 is 10.1 Å². The minimum absolute atomic E-state index is 0.0523. The highest BCUT2D eigenvalue weighted by Gasteiger charge is 2.35. The van der Waals surface area contributed by atoms with Crippen molar-refractivity contribution in [2.45, 2.75) is 6.61 Å². The van der Waals surface area contributed by atoms with Gasteiger partial charge in [0.05, 0.1) is 7.11 Å². The van der Waals surface area contributed by atoms with E-state index in [0.717, 1.165) is 10.5 Å². The first kappa shape index (κ1) is 19.4. The van der Waals surface area contributed by atoms with Gasteiger partial charge in [-0.05, 0) is 29.8 Å². The molecule has 3 amide bonds. The van der Waals surface area contributed by atoms with Gasteiger partial charge in [-0.25, -0.2) is 9.69 Å². The molecular weight excluding hydrogens is 384 g/mol. The lowest BCUT2D eigenvalue weighted by molar-refractivity contribution is -0.143. The molecule has 28 heavy (non-hydrogen) atoms. The van der Waals surface area contributed by atoms with E-state index in [2.05, 4.69) is 10.1 Å². The lowest BCUT2D eigenvalue weighted by atomic mass is 10.1. The van der Waals surface area contributed by atoms with Crippen molar-refractivity contribution in [3.8, 4) is 5.75 Å². The Morgan fingerprint density at radius 3 is 2.57 bits per heavy atom. The standard InChI is InChI=1S/C20H17ClN2O5/c1-27-18(24)11-23-19(25)16(22-20(23)26)10-14-4-2-3-5-17(14)28-12-13-6-8-15(21)9-7-13/h2-10H,11-12H2,1H3,(H,22,26)/b16-10+. The molecule has 0 radical (unpaired) electrons. The Balaban J connectivity index is 1.77. The number of nitrogens with zero attached hydrogens (tertiary/aromatic N) is 1. The maximum atomic E-state index is 12.4. The van der Waals surface area contributed by atoms with Crippen LogP contribution in [0.1, 0.15) is 11.1 Å². The minimum atomic E-state index is -0.684. The second-order valence-electron chi connectivity index (χ2n) is 5.91. The number of halogens is 1. The van der Waals surface area contributed by atoms with Crippen LogP contribution in [0, 0.1) is 0 Å². The van der Waals surface area contributed by atoms with Crippen LogP contribution in [-0.2, 0) is 20.9 Å². The Bertz CT molecular complexity index is 940. The number of para-hydroxylation sites is 1. The lowest BCUT2D eigenvalue weighted by Crippen LogP contribution is -2.36. The van der Waals surface area contributed by atoms with Crippen LogP contribution in [0.25, 0.3) is 6.08 Å². The van der Waals surface area contributed by atoms with Crippen molar-refractivity contribution in [2.24, 2.45) is 0 Å². The van der Waals surface area contributed by atoms with Gasteiger partial charge in [0.15, 0.2) is 0 Å². The van der Waals surface area contributed by atoms with Crippen molar-refractivity contribution in [3.05, 3.63) is 70.4 Å². The van der Waals surface area contributed by atoms with E-state index in [4.69, 9.17) is 16.3 Å². The molecule has 144 valence electrons. The second kappa shape index (κ2) is 8.58. The van der Waals surface area contributed by atoms with Crippen molar-refractivity contribution in [1.82, 2.24) is 10.2 Å². The van der Waals surface area contributed by atoms with Crippen molar-refractivity contribution in [2.75, 3.05) is 13.7 Å². The van der Waals surface area contributed by atoms with Crippen LogP contribution in [0.5, 0.6) is 5.75 Å². The highest BCUT2D eigenvalue weighted by molar-refractivity contribution is 6.30. The van der Waals surface area contributed by atoms with Crippen LogP contribution in [0.2, 0.25) is 5.02 Å². The zero-order chi connectivity index (χ0) is 20.1. The summed E-state index contributed by atoms with van der Waals surface area (Å²) >= 11 is 5.88. The quantitative estimate of drug-likeness (QED) is 0.457. The molecule has 1 saturated heterocycles. The predicted octanol–water partition coefficient (Wildman–Crippen LogP) is 2.98. The van der Waals surface area contributed by atoms with E-state index in [-0.39, 0.29) is 5.70 Å². The maximum absolute atomic E-state index is 12.4. The van der Waals surface area contributed by atoms with Crippen molar-refractivity contribution in [3.63, 3.8) is 0 Å². The Kier molecular flexibility index (Phi) is 5.96. The number of esters is 1. The van der Waals surface area contributed by atoms with Gasteiger partial charge in [0.25, 0.3) is 5.91 Å². The summed E-state index contributed by atoms with van der Waals surface area (Å²) in [5.41, 5.74) is 1.60. The molecule has 1 N–H and O–H groups in total. The summed E-state index contributed by atoms with van der Waals surface area (Å²) in [4.78, 5) is 36.5. The van der Waals surface area contributed by atoms with Gasteiger partial charge in [0.1, 0.15) is 24.6 Å². The zero-order valence-corrected chi connectivity index (χ0v) is 15.7. The van der Waals surface area contributed by atoms with E-state index in [9.17, 15) is 14.4 Å². The number of carbonyl (C=O) groups is 3. The zero-order valence-electron chi connectivity index (χ0n) is 15.0. The first-order valence-electron chi connectivity index (χ1n) is 8.35. The number of methoxy groups -OCH3 is 1. The first-order valence-corrected chi connectivity index (χ1v) is 8.73. The average Bonchev–Trinajstić information content (AvgIpc) is 2.95. The molecule has 0 spiro atoms. The van der Waals surface area contributed by atoms with Crippen LogP contribution >= 0.6 is 11.6 Å². The van der Waals surface area contributed by atoms with Gasteiger partial charge in [0.2, 0.25) is 0 Å². The Morgan fingerprint density at radius 1 is 1.14 bits per heavy atom. The third kappa shape index (κ3) is 4.50. The number of amides is 3. The normalized spacial score (nSPS) is 14.9. The number of carbonyl (C=O) groups excluding carboxylic acids is 3. The summed E-state index contributed by atoms with van der Waals surface area (Å²) in [6, 6.07) is 13.7. The number of hydrogen-bond donors (Lipinski definition) is 1. The van der Waals surface area contributed by atoms with E-state index in [1.807, 2.05) is 12.1 Å². The summed E-state index contributed by atoms with van der Waals surface area (Å²) in [6.45, 7) is -0.140. The van der Waals surface area contributed by atoms with Gasteiger partial charge >= 0.3 is 12.0 Å². The smallest absolute Gasteiger partial charge is 0.329 e. The van der Waals surface area contributed by atoms with Crippen LogP contribution in [0.3, 0.4) is 0 Å². The molecule has 2 aromatic rings. The maximum Gasteiger partial charge on any atom is 0.329 e. The summed E-state index contributed by atoms with van der Waals surface area (Å²) in [5.74, 6) is -0.752. The molecule has 2 aromatic carbocycles. The molecule has 8 heteroatoms. The fraction of sp³-hybridized carbons (Fsp3) is 0.150. The second-order valence-corrected chi connectivity index (χ2v) is 6.34. The SMILES string of the molecule is COC(=O)CN1C(=O)N/C(=C/c2ccccc2OCc2ccc(Cl)cc2)C1=O. The predicted molar refractivity (Wildman–Crippen MR) is 102 cm³/mol. The van der Waals surface area contributed by atoms with Crippen molar-refractivity contribution in [1.29, 1.82) is 0 Å². The van der Waals surface area contributed by atoms with E-state index in [1.165, 1.54) is 13.2 Å². The molecule has 1 aliphatic rings. The molecule has 0 saturated carbocycles. The summed E-state index contributed by atoms with van der Waals surface area (Å²) in [6.07, 6.45) is 1.51. The summed E-state index contributed by atoms with van der Waals surface area (Å²) < 4.78 is 10.3. The molecule has 0 aliphatic carbocycles. The van der Waals surface area contributed by atoms with Gasteiger partial charge in [-0.2, -0.15) is 0 Å². The monoisotopic (exact) mass is 400 g/mol. The molecule has 1 fully saturated rings. The number of rotatable bonds is 6. The molecule has 1 aliphatic heterocycles. The number of ether oxygens (including phenoxy) is 2. The van der Waals surface area contributed by atoms with Gasteiger partial charge in [0, 0.05) is 10.6 Å². The number of hydrogen-bond acceptors (Lipinski definition) is 5. The number of nitrogens with one attached hydrogen (secondary N) is 1. The fourth-order valence-corrected chi connectivity index (χ4v) is 2.66. The molecule has 0 aromatic heterocycles. The number of imide groups is 1. The third-order valence-corrected chi connectivity index (χ3v) is 4.26. The van der Waals surface area contributed by atoms with Crippen LogP contribution in [0.15, 0.2) is 54.2 Å². The third-order valence-electron chi connectivity index (χ3n) is 4.00. The average molecular weight is 401 g/mol. The van der Waals surface area contributed by atoms with Crippen LogP contribution in [0.4, 0.5) is 4.79 Å². The summed E-state index contributed by atoms with van der Waals surface area (Å²) in [5, 5.41) is 3.10. The van der Waals surface area contributed by atoms with Crippen molar-refractivity contribution < 1.29 is 23.9 Å². The van der Waals surface area contributed by atoms with E-state index in [1.54, 1.807) is 36.4 Å². The first-order chi connectivity index (χ1) is 13.5. The Labute approximate surface area is 166 Å². The van der Waals surface area contributed by atoms with E-state index >= 15 is 0 Å². The highest BCUT2D eigenvalue weighted by Crippen LogP contribution is 2.24. The van der Waals surface area contributed by atoms with E-state index in [0.29, 0.717) is 22.9 Å². The number of urea groups is 1. The topological polar surface area (TPSA) is 84.9 Å². The minimum Gasteiger partial charge on any atom is -0.488 e. The fourth-order valence-electron chi connectivity index (χ4n) is 2.54. The molecule has 0 unspecified atom stereocenters. The van der Waals surface area contributed by atoms with Crippen molar-refractivity contribution >= 4 is 35.6 Å². The lowest BCUT2D eigenvalue weighted by Gasteiger charge is -2.10. The van der Waals surface area contributed by atoms with E-state index < -0.39 is 24.5 Å². The molecule has 7 nitrogen and oxygen atoms in total. The largest absolute Gasteiger partial charge is 0.488 e. The molecule has 3 rings (SSSR count). The molecule has 1 heterocycles. The Hall–Kier alpha value is -3.32. The molecule has 0 atom stereocenters. The van der Waals surface area contributed by atoms with Gasteiger partial charge in [-0.1, -0.05) is 41.9 Å². The molecular formula is C20H17ClN2O5. The van der Waals surface area contributed by atoms with Crippen LogP contribution in [-0.4, -0.2) is 36.5 Å². The van der Waals surface area contributed by atoms with Gasteiger partial charge in [-0.3, -0.25) is 9.59 Å². The highest BCUT2D eigenvalue weighted by atomic mass is 35.5. The summed E-state index contributed by atoms with van der Waals surface area (Å²) in [7, 11) is 1.19. The Morgan fingerprint density at radius 2 is 1.86 bits per heavy atom. The van der Waals surface area contributed by atoms with Gasteiger partial charge in [-0.15, -0.1) is 0 Å². The number of benzene rings is 2. The molecule has 0 bridgehead atoms. The van der Waals surface area contributed by atoms with Gasteiger partial charge < -0.3 is 14.8 Å².